The van der Waals surface area contributed by atoms with Crippen LogP contribution in [0.1, 0.15) is 27.2 Å². The fourth-order valence-electron chi connectivity index (χ4n) is 1.83. The van der Waals surface area contributed by atoms with Crippen molar-refractivity contribution in [1.82, 2.24) is 4.72 Å². The maximum Gasteiger partial charge on any atom is 0.293 e. The maximum absolute atomic E-state index is 12.1. The highest BCUT2D eigenvalue weighted by molar-refractivity contribution is 7.89. The second-order valence-electron chi connectivity index (χ2n) is 5.14. The van der Waals surface area contributed by atoms with E-state index in [1.54, 1.807) is 13.8 Å². The molecule has 0 spiro atoms. The van der Waals surface area contributed by atoms with Crippen LogP contribution >= 0.6 is 0 Å². The van der Waals surface area contributed by atoms with Gasteiger partial charge in [0.15, 0.2) is 0 Å². The van der Waals surface area contributed by atoms with Crippen LogP contribution in [0.25, 0.3) is 0 Å². The number of rotatable bonds is 8. The molecule has 0 aliphatic rings. The van der Waals surface area contributed by atoms with Gasteiger partial charge in [-0.15, -0.1) is 0 Å². The Hall–Kier alpha value is -1.71. The minimum atomic E-state index is -3.80. The van der Waals surface area contributed by atoms with Crippen molar-refractivity contribution < 1.29 is 18.4 Å². The van der Waals surface area contributed by atoms with Crippen LogP contribution in [0.4, 0.5) is 11.4 Å². The molecule has 1 aromatic carbocycles. The number of hydrogen-bond acceptors (Lipinski definition) is 6. The van der Waals surface area contributed by atoms with E-state index in [1.165, 1.54) is 12.1 Å². The summed E-state index contributed by atoms with van der Waals surface area (Å²) >= 11 is 0. The van der Waals surface area contributed by atoms with Crippen LogP contribution in [0.5, 0.6) is 0 Å². The van der Waals surface area contributed by atoms with Crippen LogP contribution < -0.4 is 10.0 Å². The summed E-state index contributed by atoms with van der Waals surface area (Å²) in [4.78, 5) is 10.3. The van der Waals surface area contributed by atoms with Gasteiger partial charge in [0.25, 0.3) is 5.69 Å². The number of aliphatic hydroxyl groups is 1. The lowest BCUT2D eigenvalue weighted by Gasteiger charge is -2.16. The lowest BCUT2D eigenvalue weighted by molar-refractivity contribution is -0.384. The molecule has 0 saturated carbocycles. The molecule has 0 amide bonds. The van der Waals surface area contributed by atoms with Crippen molar-refractivity contribution >= 4 is 21.4 Å². The molecule has 1 aromatic rings. The molecule has 9 heteroatoms. The van der Waals surface area contributed by atoms with E-state index in [2.05, 4.69) is 10.0 Å². The number of nitro benzene ring substituents is 1. The molecule has 1 rings (SSSR count). The SMILES string of the molecule is CC[C@@H](CO)Nc1ccc(S(=O)(=O)NC(C)C)cc1[N+](=O)[O-]. The normalized spacial score (nSPS) is 13.1. The quantitative estimate of drug-likeness (QED) is 0.490. The van der Waals surface area contributed by atoms with E-state index in [9.17, 15) is 18.5 Å². The number of nitro groups is 1. The second-order valence-corrected chi connectivity index (χ2v) is 6.86. The van der Waals surface area contributed by atoms with Crippen molar-refractivity contribution in [3.63, 3.8) is 0 Å². The van der Waals surface area contributed by atoms with Gasteiger partial charge in [-0.3, -0.25) is 10.1 Å². The summed E-state index contributed by atoms with van der Waals surface area (Å²) in [6.45, 7) is 4.97. The second kappa shape index (κ2) is 7.52. The number of nitrogens with zero attached hydrogens (tertiary/aromatic N) is 1. The van der Waals surface area contributed by atoms with E-state index in [4.69, 9.17) is 5.11 Å². The zero-order valence-electron chi connectivity index (χ0n) is 12.7. The Morgan fingerprint density at radius 2 is 2.00 bits per heavy atom. The average Bonchev–Trinajstić information content (AvgIpc) is 2.43. The van der Waals surface area contributed by atoms with Gasteiger partial charge in [0.05, 0.1) is 16.4 Å². The predicted octanol–water partition coefficient (Wildman–Crippen LogP) is 1.46. The molecule has 0 aromatic heterocycles. The van der Waals surface area contributed by atoms with Gasteiger partial charge >= 0.3 is 0 Å². The third-order valence-electron chi connectivity index (χ3n) is 2.94. The summed E-state index contributed by atoms with van der Waals surface area (Å²) in [7, 11) is -3.80. The summed E-state index contributed by atoms with van der Waals surface area (Å²) < 4.78 is 26.5. The van der Waals surface area contributed by atoms with E-state index in [0.717, 1.165) is 6.07 Å². The molecule has 3 N–H and O–H groups in total. The Bertz CT molecular complexity index is 627. The van der Waals surface area contributed by atoms with E-state index in [0.29, 0.717) is 6.42 Å². The van der Waals surface area contributed by atoms with Gasteiger partial charge in [0.1, 0.15) is 5.69 Å². The third kappa shape index (κ3) is 4.65. The molecular formula is C13H21N3O5S. The Kier molecular flexibility index (Phi) is 6.27. The summed E-state index contributed by atoms with van der Waals surface area (Å²) in [6.07, 6.45) is 0.572. The largest absolute Gasteiger partial charge is 0.394 e. The minimum Gasteiger partial charge on any atom is -0.394 e. The van der Waals surface area contributed by atoms with Crippen molar-refractivity contribution in [2.24, 2.45) is 0 Å². The highest BCUT2D eigenvalue weighted by Gasteiger charge is 2.22. The number of aliphatic hydroxyl groups excluding tert-OH is 1. The topological polar surface area (TPSA) is 122 Å². The van der Waals surface area contributed by atoms with E-state index < -0.39 is 14.9 Å². The summed E-state index contributed by atoms with van der Waals surface area (Å²) in [5.74, 6) is 0. The summed E-state index contributed by atoms with van der Waals surface area (Å²) in [5, 5.41) is 23.2. The first-order valence-electron chi connectivity index (χ1n) is 6.89. The fraction of sp³-hybridized carbons (Fsp3) is 0.538. The van der Waals surface area contributed by atoms with E-state index in [-0.39, 0.29) is 35.0 Å². The Morgan fingerprint density at radius 3 is 2.45 bits per heavy atom. The van der Waals surface area contributed by atoms with E-state index >= 15 is 0 Å². The van der Waals surface area contributed by atoms with Crippen molar-refractivity contribution in [2.75, 3.05) is 11.9 Å². The van der Waals surface area contributed by atoms with Gasteiger partial charge in [-0.1, -0.05) is 6.92 Å². The Labute approximate surface area is 129 Å². The first-order chi connectivity index (χ1) is 10.2. The number of anilines is 1. The van der Waals surface area contributed by atoms with Crippen LogP contribution in [0.15, 0.2) is 23.1 Å². The molecule has 0 heterocycles. The number of hydrogen-bond donors (Lipinski definition) is 3. The molecule has 0 aliphatic carbocycles. The first kappa shape index (κ1) is 18.3. The van der Waals surface area contributed by atoms with Crippen LogP contribution in [0, 0.1) is 10.1 Å². The third-order valence-corrected chi connectivity index (χ3v) is 4.60. The Morgan fingerprint density at radius 1 is 1.36 bits per heavy atom. The lowest BCUT2D eigenvalue weighted by atomic mass is 10.2. The molecule has 1 atom stereocenters. The van der Waals surface area contributed by atoms with Gasteiger partial charge in [0, 0.05) is 18.2 Å². The predicted molar refractivity (Wildman–Crippen MR) is 83.3 cm³/mol. The number of sulfonamides is 1. The zero-order valence-corrected chi connectivity index (χ0v) is 13.6. The first-order valence-corrected chi connectivity index (χ1v) is 8.37. The monoisotopic (exact) mass is 331 g/mol. The molecular weight excluding hydrogens is 310 g/mol. The molecule has 0 fully saturated rings. The lowest BCUT2D eigenvalue weighted by Crippen LogP contribution is -2.30. The van der Waals surface area contributed by atoms with Gasteiger partial charge < -0.3 is 10.4 Å². The zero-order chi connectivity index (χ0) is 16.9. The fourth-order valence-corrected chi connectivity index (χ4v) is 3.10. The molecule has 22 heavy (non-hydrogen) atoms. The van der Waals surface area contributed by atoms with Crippen LogP contribution in [0.2, 0.25) is 0 Å². The van der Waals surface area contributed by atoms with Crippen molar-refractivity contribution in [2.45, 2.75) is 44.2 Å². The molecule has 0 radical (unpaired) electrons. The molecule has 0 unspecified atom stereocenters. The Balaban J connectivity index is 3.23. The van der Waals surface area contributed by atoms with Crippen LogP contribution in [-0.4, -0.2) is 37.1 Å². The minimum absolute atomic E-state index is 0.171. The maximum atomic E-state index is 12.1. The van der Waals surface area contributed by atoms with Crippen molar-refractivity contribution in [3.05, 3.63) is 28.3 Å². The van der Waals surface area contributed by atoms with Gasteiger partial charge in [-0.2, -0.15) is 0 Å². The highest BCUT2D eigenvalue weighted by Crippen LogP contribution is 2.28. The molecule has 0 saturated heterocycles. The standard InChI is InChI=1S/C13H21N3O5S/c1-4-10(8-17)14-12-6-5-11(7-13(12)16(18)19)22(20,21)15-9(2)3/h5-7,9-10,14-15,17H,4,8H2,1-3H3/t10-/m0/s1. The average molecular weight is 331 g/mol. The number of benzene rings is 1. The van der Waals surface area contributed by atoms with Crippen molar-refractivity contribution in [3.8, 4) is 0 Å². The molecule has 124 valence electrons. The van der Waals surface area contributed by atoms with Gasteiger partial charge in [0.2, 0.25) is 10.0 Å². The molecule has 8 nitrogen and oxygen atoms in total. The highest BCUT2D eigenvalue weighted by atomic mass is 32.2. The number of nitrogens with one attached hydrogen (secondary N) is 2. The molecule has 0 bridgehead atoms. The smallest absolute Gasteiger partial charge is 0.293 e. The molecule has 0 aliphatic heterocycles. The van der Waals surface area contributed by atoms with E-state index in [1.807, 2.05) is 6.92 Å². The summed E-state index contributed by atoms with van der Waals surface area (Å²) in [6, 6.07) is 2.99. The van der Waals surface area contributed by atoms with Crippen LogP contribution in [0.3, 0.4) is 0 Å². The van der Waals surface area contributed by atoms with Gasteiger partial charge in [-0.25, -0.2) is 13.1 Å². The van der Waals surface area contributed by atoms with Crippen molar-refractivity contribution in [1.29, 1.82) is 0 Å². The van der Waals surface area contributed by atoms with Crippen LogP contribution in [-0.2, 0) is 10.0 Å². The summed E-state index contributed by atoms with van der Waals surface area (Å²) in [5.41, 5.74) is -0.173. The van der Waals surface area contributed by atoms with Gasteiger partial charge in [-0.05, 0) is 32.4 Å².